The molecule has 0 saturated heterocycles. The van der Waals surface area contributed by atoms with Crippen LogP contribution in [0, 0.1) is 5.92 Å². The van der Waals surface area contributed by atoms with Crippen molar-refractivity contribution in [3.63, 3.8) is 0 Å². The van der Waals surface area contributed by atoms with Gasteiger partial charge in [-0.25, -0.2) is 0 Å². The first-order valence-corrected chi connectivity index (χ1v) is 8.82. The highest BCUT2D eigenvalue weighted by molar-refractivity contribution is 5.76. The summed E-state index contributed by atoms with van der Waals surface area (Å²) in [6, 6.07) is 5.88. The molecule has 0 aromatic carbocycles. The Kier molecular flexibility index (Phi) is 4.38. The maximum atomic E-state index is 12.3. The molecular weight excluding hydrogens is 304 g/mol. The first-order chi connectivity index (χ1) is 11.8. The Labute approximate surface area is 141 Å². The van der Waals surface area contributed by atoms with Crippen LogP contribution in [0.3, 0.4) is 0 Å². The van der Waals surface area contributed by atoms with Gasteiger partial charge in [0.2, 0.25) is 5.91 Å². The van der Waals surface area contributed by atoms with Crippen LogP contribution in [0.1, 0.15) is 43.2 Å². The molecule has 1 aliphatic carbocycles. The Morgan fingerprint density at radius 3 is 3.04 bits per heavy atom. The van der Waals surface area contributed by atoms with Gasteiger partial charge in [0.05, 0.1) is 31.0 Å². The van der Waals surface area contributed by atoms with Crippen LogP contribution in [0.15, 0.2) is 35.1 Å². The molecule has 128 valence electrons. The van der Waals surface area contributed by atoms with Gasteiger partial charge in [0.15, 0.2) is 0 Å². The van der Waals surface area contributed by atoms with E-state index in [1.54, 1.807) is 6.26 Å². The first-order valence-electron chi connectivity index (χ1n) is 8.82. The second-order valence-corrected chi connectivity index (χ2v) is 6.97. The van der Waals surface area contributed by atoms with E-state index in [2.05, 4.69) is 21.4 Å². The van der Waals surface area contributed by atoms with Crippen LogP contribution in [0.2, 0.25) is 0 Å². The first kappa shape index (κ1) is 15.4. The lowest BCUT2D eigenvalue weighted by molar-refractivity contribution is -0.122. The molecule has 6 heteroatoms. The SMILES string of the molecule is O=C(C[C@@H]1CN(CC2CCC2)Cc2ccnn21)NCc1ccco1. The molecule has 1 amide bonds. The highest BCUT2D eigenvalue weighted by Crippen LogP contribution is 2.30. The summed E-state index contributed by atoms with van der Waals surface area (Å²) in [4.78, 5) is 14.8. The molecule has 1 saturated carbocycles. The molecule has 24 heavy (non-hydrogen) atoms. The number of aromatic nitrogens is 2. The lowest BCUT2D eigenvalue weighted by atomic mass is 9.85. The zero-order chi connectivity index (χ0) is 16.4. The van der Waals surface area contributed by atoms with Gasteiger partial charge < -0.3 is 9.73 Å². The summed E-state index contributed by atoms with van der Waals surface area (Å²) in [5.74, 6) is 1.66. The van der Waals surface area contributed by atoms with E-state index in [4.69, 9.17) is 4.42 Å². The molecule has 1 aliphatic heterocycles. The molecule has 6 nitrogen and oxygen atoms in total. The number of carbonyl (C=O) groups is 1. The van der Waals surface area contributed by atoms with Crippen molar-refractivity contribution < 1.29 is 9.21 Å². The van der Waals surface area contributed by atoms with E-state index >= 15 is 0 Å². The monoisotopic (exact) mass is 328 g/mol. The molecular formula is C18H24N4O2. The largest absolute Gasteiger partial charge is 0.467 e. The van der Waals surface area contributed by atoms with Gasteiger partial charge in [-0.3, -0.25) is 14.4 Å². The second kappa shape index (κ2) is 6.81. The smallest absolute Gasteiger partial charge is 0.222 e. The van der Waals surface area contributed by atoms with Gasteiger partial charge in [-0.15, -0.1) is 0 Å². The van der Waals surface area contributed by atoms with Crippen LogP contribution in [-0.4, -0.2) is 33.7 Å². The summed E-state index contributed by atoms with van der Waals surface area (Å²) >= 11 is 0. The van der Waals surface area contributed by atoms with E-state index in [1.165, 1.54) is 25.0 Å². The Bertz CT molecular complexity index is 675. The maximum absolute atomic E-state index is 12.3. The summed E-state index contributed by atoms with van der Waals surface area (Å²) in [7, 11) is 0. The minimum absolute atomic E-state index is 0.0448. The molecule has 0 unspecified atom stereocenters. The number of hydrogen-bond acceptors (Lipinski definition) is 4. The third-order valence-corrected chi connectivity index (χ3v) is 5.15. The van der Waals surface area contributed by atoms with Gasteiger partial charge in [0.1, 0.15) is 5.76 Å². The minimum atomic E-state index is 0.0448. The third-order valence-electron chi connectivity index (χ3n) is 5.15. The van der Waals surface area contributed by atoms with Gasteiger partial charge in [-0.05, 0) is 37.0 Å². The summed E-state index contributed by atoms with van der Waals surface area (Å²) in [5.41, 5.74) is 1.21. The molecule has 1 fully saturated rings. The van der Waals surface area contributed by atoms with Crippen LogP contribution < -0.4 is 5.32 Å². The lowest BCUT2D eigenvalue weighted by Crippen LogP contribution is -2.42. The van der Waals surface area contributed by atoms with E-state index in [0.29, 0.717) is 13.0 Å². The number of nitrogens with one attached hydrogen (secondary N) is 1. The van der Waals surface area contributed by atoms with Crippen molar-refractivity contribution in [2.24, 2.45) is 5.92 Å². The average Bonchev–Trinajstić information content (AvgIpc) is 3.20. The topological polar surface area (TPSA) is 63.3 Å². The number of carbonyl (C=O) groups excluding carboxylic acids is 1. The second-order valence-electron chi connectivity index (χ2n) is 6.97. The van der Waals surface area contributed by atoms with E-state index in [1.807, 2.05) is 23.0 Å². The zero-order valence-electron chi connectivity index (χ0n) is 13.9. The van der Waals surface area contributed by atoms with Crippen molar-refractivity contribution in [2.75, 3.05) is 13.1 Å². The zero-order valence-corrected chi connectivity index (χ0v) is 13.9. The number of fused-ring (bicyclic) bond motifs is 1. The molecule has 0 bridgehead atoms. The Hall–Kier alpha value is -2.08. The van der Waals surface area contributed by atoms with Crippen molar-refractivity contribution in [1.29, 1.82) is 0 Å². The minimum Gasteiger partial charge on any atom is -0.467 e. The molecule has 0 radical (unpaired) electrons. The fraction of sp³-hybridized carbons (Fsp3) is 0.556. The number of furan rings is 1. The van der Waals surface area contributed by atoms with Gasteiger partial charge in [0.25, 0.3) is 0 Å². The van der Waals surface area contributed by atoms with Crippen LogP contribution >= 0.6 is 0 Å². The van der Waals surface area contributed by atoms with Gasteiger partial charge >= 0.3 is 0 Å². The molecule has 2 aromatic rings. The Morgan fingerprint density at radius 2 is 2.29 bits per heavy atom. The van der Waals surface area contributed by atoms with Gasteiger partial charge in [-0.2, -0.15) is 5.10 Å². The number of rotatable bonds is 6. The number of amides is 1. The van der Waals surface area contributed by atoms with Crippen molar-refractivity contribution in [3.8, 4) is 0 Å². The van der Waals surface area contributed by atoms with Crippen molar-refractivity contribution in [1.82, 2.24) is 20.0 Å². The van der Waals surface area contributed by atoms with Gasteiger partial charge in [-0.1, -0.05) is 6.42 Å². The molecule has 0 spiro atoms. The molecule has 3 heterocycles. The highest BCUT2D eigenvalue weighted by Gasteiger charge is 2.30. The van der Waals surface area contributed by atoms with Crippen LogP contribution in [0.25, 0.3) is 0 Å². The van der Waals surface area contributed by atoms with Crippen molar-refractivity contribution in [2.45, 2.75) is 44.8 Å². The summed E-state index contributed by atoms with van der Waals surface area (Å²) in [6.45, 7) is 3.44. The molecule has 1 N–H and O–H groups in total. The molecule has 2 aromatic heterocycles. The third kappa shape index (κ3) is 3.38. The average molecular weight is 328 g/mol. The summed E-state index contributed by atoms with van der Waals surface area (Å²) in [6.07, 6.45) is 7.99. The van der Waals surface area contributed by atoms with Crippen LogP contribution in [0.5, 0.6) is 0 Å². The number of hydrogen-bond donors (Lipinski definition) is 1. The Morgan fingerprint density at radius 1 is 1.38 bits per heavy atom. The predicted octanol–water partition coefficient (Wildman–Crippen LogP) is 2.34. The maximum Gasteiger partial charge on any atom is 0.222 e. The predicted molar refractivity (Wildman–Crippen MR) is 89.1 cm³/mol. The molecule has 2 aliphatic rings. The standard InChI is InChI=1S/C18H24N4O2/c23-18(19-10-17-5-2-8-24-17)9-16-13-21(11-14-3-1-4-14)12-15-6-7-20-22(15)16/h2,5-8,14,16H,1,3-4,9-13H2,(H,19,23)/t16-/m1/s1. The van der Waals surface area contributed by atoms with Gasteiger partial charge in [0, 0.05) is 25.8 Å². The van der Waals surface area contributed by atoms with E-state index in [-0.39, 0.29) is 11.9 Å². The Balaban J connectivity index is 1.36. The normalized spacial score (nSPS) is 21.2. The number of nitrogens with zero attached hydrogens (tertiary/aromatic N) is 3. The summed E-state index contributed by atoms with van der Waals surface area (Å²) in [5, 5.41) is 7.38. The van der Waals surface area contributed by atoms with Crippen LogP contribution in [0.4, 0.5) is 0 Å². The quantitative estimate of drug-likeness (QED) is 0.884. The van der Waals surface area contributed by atoms with E-state index in [0.717, 1.165) is 31.3 Å². The fourth-order valence-electron chi connectivity index (χ4n) is 3.68. The lowest BCUT2D eigenvalue weighted by Gasteiger charge is -2.38. The summed E-state index contributed by atoms with van der Waals surface area (Å²) < 4.78 is 7.29. The molecule has 4 rings (SSSR count). The van der Waals surface area contributed by atoms with E-state index < -0.39 is 0 Å². The fourth-order valence-corrected chi connectivity index (χ4v) is 3.68. The van der Waals surface area contributed by atoms with Crippen molar-refractivity contribution >= 4 is 5.91 Å². The van der Waals surface area contributed by atoms with Crippen LogP contribution in [-0.2, 0) is 17.9 Å². The molecule has 1 atom stereocenters. The van der Waals surface area contributed by atoms with Crippen molar-refractivity contribution in [3.05, 3.63) is 42.1 Å². The van der Waals surface area contributed by atoms with E-state index in [9.17, 15) is 4.79 Å². The highest BCUT2D eigenvalue weighted by atomic mass is 16.3.